The number of hydrogen-bond acceptors (Lipinski definition) is 2. The number of halogens is 1. The van der Waals surface area contributed by atoms with Gasteiger partial charge in [0.1, 0.15) is 11.4 Å². The van der Waals surface area contributed by atoms with E-state index in [0.29, 0.717) is 5.56 Å². The molecule has 0 saturated heterocycles. The molecule has 2 atom stereocenters. The van der Waals surface area contributed by atoms with Crippen LogP contribution in [0.2, 0.25) is 0 Å². The smallest absolute Gasteiger partial charge is 0.123 e. The van der Waals surface area contributed by atoms with E-state index in [1.165, 1.54) is 12.1 Å². The Hall–Kier alpha value is -1.97. The average Bonchev–Trinajstić information content (AvgIpc) is 2.59. The lowest BCUT2D eigenvalue weighted by molar-refractivity contribution is -0.0176. The Morgan fingerprint density at radius 1 is 1.16 bits per heavy atom. The molecule has 1 fully saturated rings. The molecule has 0 radical (unpaired) electrons. The lowest BCUT2D eigenvalue weighted by Gasteiger charge is -2.44. The van der Waals surface area contributed by atoms with E-state index >= 15 is 0 Å². The average molecular weight is 339 g/mol. The fourth-order valence-electron chi connectivity index (χ4n) is 3.94. The highest BCUT2D eigenvalue weighted by molar-refractivity contribution is 5.57. The third kappa shape index (κ3) is 3.83. The Balaban J connectivity index is 2.10. The van der Waals surface area contributed by atoms with E-state index in [0.717, 1.165) is 36.9 Å². The molecule has 132 valence electrons. The lowest BCUT2D eigenvalue weighted by atomic mass is 9.67. The molecule has 0 bridgehead atoms. The monoisotopic (exact) mass is 339 g/mol. The second kappa shape index (κ2) is 7.51. The number of benzene rings is 2. The van der Waals surface area contributed by atoms with Gasteiger partial charge in [0, 0.05) is 12.5 Å². The first-order chi connectivity index (χ1) is 12.0. The molecule has 0 spiro atoms. The summed E-state index contributed by atoms with van der Waals surface area (Å²) in [7, 11) is 4.03. The molecular formula is C22H26FNO. The van der Waals surface area contributed by atoms with Gasteiger partial charge >= 0.3 is 0 Å². The predicted octanol–water partition coefficient (Wildman–Crippen LogP) is 4.46. The first-order valence-electron chi connectivity index (χ1n) is 8.89. The molecule has 1 N–H and O–H groups in total. The molecule has 3 heteroatoms. The van der Waals surface area contributed by atoms with Crippen LogP contribution in [-0.4, -0.2) is 30.6 Å². The maximum Gasteiger partial charge on any atom is 0.123 e. The largest absolute Gasteiger partial charge is 0.380 e. The van der Waals surface area contributed by atoms with Crippen molar-refractivity contribution in [1.82, 2.24) is 4.90 Å². The van der Waals surface area contributed by atoms with Crippen molar-refractivity contribution < 1.29 is 9.50 Å². The summed E-state index contributed by atoms with van der Waals surface area (Å²) in [5.74, 6) is -0.271. The zero-order valence-electron chi connectivity index (χ0n) is 15.0. The Labute approximate surface area is 149 Å². The highest BCUT2D eigenvalue weighted by atomic mass is 19.1. The second-order valence-electron chi connectivity index (χ2n) is 7.21. The molecule has 1 aliphatic rings. The SMILES string of the molecule is CN(C)CC1CCC/C(=C/c2ccccc2)C1(O)c1cccc(F)c1. The van der Waals surface area contributed by atoms with Crippen molar-refractivity contribution in [2.75, 3.05) is 20.6 Å². The Morgan fingerprint density at radius 2 is 1.92 bits per heavy atom. The summed E-state index contributed by atoms with van der Waals surface area (Å²) in [6.45, 7) is 0.763. The van der Waals surface area contributed by atoms with Gasteiger partial charge in [-0.15, -0.1) is 0 Å². The molecule has 2 aromatic carbocycles. The third-order valence-corrected chi connectivity index (χ3v) is 5.07. The summed E-state index contributed by atoms with van der Waals surface area (Å²) >= 11 is 0. The summed E-state index contributed by atoms with van der Waals surface area (Å²) in [6.07, 6.45) is 4.87. The van der Waals surface area contributed by atoms with Crippen LogP contribution in [0.5, 0.6) is 0 Å². The highest BCUT2D eigenvalue weighted by Gasteiger charge is 2.44. The Kier molecular flexibility index (Phi) is 5.36. The normalized spacial score (nSPS) is 25.5. The van der Waals surface area contributed by atoms with Crippen molar-refractivity contribution in [3.63, 3.8) is 0 Å². The van der Waals surface area contributed by atoms with Crippen LogP contribution in [0.15, 0.2) is 60.2 Å². The molecule has 0 aliphatic heterocycles. The van der Waals surface area contributed by atoms with Crippen LogP contribution in [0.3, 0.4) is 0 Å². The minimum absolute atomic E-state index is 0.0352. The maximum absolute atomic E-state index is 13.9. The topological polar surface area (TPSA) is 23.5 Å². The van der Waals surface area contributed by atoms with E-state index in [1.54, 1.807) is 6.07 Å². The van der Waals surface area contributed by atoms with Gasteiger partial charge in [-0.05, 0) is 62.2 Å². The summed E-state index contributed by atoms with van der Waals surface area (Å²) in [5, 5.41) is 11.8. The fourth-order valence-corrected chi connectivity index (χ4v) is 3.94. The van der Waals surface area contributed by atoms with Crippen molar-refractivity contribution in [2.45, 2.75) is 24.9 Å². The van der Waals surface area contributed by atoms with Gasteiger partial charge in [0.25, 0.3) is 0 Å². The van der Waals surface area contributed by atoms with Crippen molar-refractivity contribution >= 4 is 6.08 Å². The van der Waals surface area contributed by atoms with Gasteiger partial charge in [-0.2, -0.15) is 0 Å². The van der Waals surface area contributed by atoms with Crippen LogP contribution in [-0.2, 0) is 5.60 Å². The van der Waals surface area contributed by atoms with Crippen LogP contribution in [0, 0.1) is 11.7 Å². The van der Waals surface area contributed by atoms with E-state index in [9.17, 15) is 9.50 Å². The van der Waals surface area contributed by atoms with Crippen molar-refractivity contribution in [1.29, 1.82) is 0 Å². The predicted molar refractivity (Wildman–Crippen MR) is 101 cm³/mol. The zero-order valence-corrected chi connectivity index (χ0v) is 15.0. The molecule has 0 amide bonds. The van der Waals surface area contributed by atoms with Gasteiger partial charge in [-0.3, -0.25) is 0 Å². The first-order valence-corrected chi connectivity index (χ1v) is 8.89. The van der Waals surface area contributed by atoms with Gasteiger partial charge in [-0.1, -0.05) is 48.5 Å². The minimum Gasteiger partial charge on any atom is -0.380 e. The summed E-state index contributed by atoms with van der Waals surface area (Å²) in [5.41, 5.74) is 1.56. The molecule has 1 aliphatic carbocycles. The number of rotatable bonds is 4. The number of hydrogen-bond donors (Lipinski definition) is 1. The lowest BCUT2D eigenvalue weighted by Crippen LogP contribution is -2.44. The van der Waals surface area contributed by atoms with Crippen molar-refractivity contribution in [3.05, 3.63) is 77.1 Å². The van der Waals surface area contributed by atoms with Crippen molar-refractivity contribution in [2.24, 2.45) is 5.92 Å². The molecule has 25 heavy (non-hydrogen) atoms. The highest BCUT2D eigenvalue weighted by Crippen LogP contribution is 2.46. The van der Waals surface area contributed by atoms with Crippen molar-refractivity contribution in [3.8, 4) is 0 Å². The summed E-state index contributed by atoms with van der Waals surface area (Å²) in [6, 6.07) is 16.5. The molecule has 3 rings (SSSR count). The van der Waals surface area contributed by atoms with Gasteiger partial charge in [0.05, 0.1) is 0 Å². The second-order valence-corrected chi connectivity index (χ2v) is 7.21. The Morgan fingerprint density at radius 3 is 2.60 bits per heavy atom. The van der Waals surface area contributed by atoms with Crippen LogP contribution in [0.1, 0.15) is 30.4 Å². The standard InChI is InChI=1S/C22H26FNO/c1-24(2)16-20-12-6-10-18(14-17-8-4-3-5-9-17)22(20,25)19-11-7-13-21(23)15-19/h3-5,7-9,11,13-15,20,25H,6,10,12,16H2,1-2H3/b18-14-. The number of aliphatic hydroxyl groups is 1. The van der Waals surface area contributed by atoms with Gasteiger partial charge in [0.2, 0.25) is 0 Å². The first kappa shape index (κ1) is 17.8. The Bertz CT molecular complexity index is 741. The van der Waals surface area contributed by atoms with Gasteiger partial charge in [-0.25, -0.2) is 4.39 Å². The van der Waals surface area contributed by atoms with Gasteiger partial charge in [0.15, 0.2) is 0 Å². The molecule has 1 saturated carbocycles. The van der Waals surface area contributed by atoms with Gasteiger partial charge < -0.3 is 10.0 Å². The molecule has 2 unspecified atom stereocenters. The van der Waals surface area contributed by atoms with Crippen LogP contribution >= 0.6 is 0 Å². The fraction of sp³-hybridized carbons (Fsp3) is 0.364. The maximum atomic E-state index is 13.9. The molecule has 0 heterocycles. The molecule has 2 aromatic rings. The third-order valence-electron chi connectivity index (χ3n) is 5.07. The van der Waals surface area contributed by atoms with Crippen LogP contribution in [0.4, 0.5) is 4.39 Å². The molecule has 2 nitrogen and oxygen atoms in total. The van der Waals surface area contributed by atoms with Crippen LogP contribution in [0.25, 0.3) is 6.08 Å². The zero-order chi connectivity index (χ0) is 17.9. The minimum atomic E-state index is -1.14. The van der Waals surface area contributed by atoms with E-state index in [2.05, 4.69) is 11.0 Å². The molecular weight excluding hydrogens is 313 g/mol. The van der Waals surface area contributed by atoms with Crippen LogP contribution < -0.4 is 0 Å². The van der Waals surface area contributed by atoms with E-state index < -0.39 is 5.60 Å². The number of nitrogens with zero attached hydrogens (tertiary/aromatic N) is 1. The van der Waals surface area contributed by atoms with E-state index in [1.807, 2.05) is 50.5 Å². The van der Waals surface area contributed by atoms with E-state index in [4.69, 9.17) is 0 Å². The summed E-state index contributed by atoms with van der Waals surface area (Å²) < 4.78 is 13.9. The van der Waals surface area contributed by atoms with E-state index in [-0.39, 0.29) is 11.7 Å². The summed E-state index contributed by atoms with van der Waals surface area (Å²) in [4.78, 5) is 2.10. The molecule has 0 aromatic heterocycles. The quantitative estimate of drug-likeness (QED) is 0.889.